The molecule has 0 fully saturated rings. The molecule has 0 aliphatic rings. The third-order valence-electron chi connectivity index (χ3n) is 11.2. The van der Waals surface area contributed by atoms with Crippen LogP contribution in [0.4, 0.5) is 0 Å². The molecule has 6 aromatic rings. The number of phenols is 2. The molecule has 2 N–H and O–H groups in total. The average Bonchev–Trinajstić information content (AvgIpc) is 3.16. The molecule has 320 valence electrons. The molecular formula is C54H62Cl2O4Zr. The van der Waals surface area contributed by atoms with Gasteiger partial charge in [0.2, 0.25) is 0 Å². The van der Waals surface area contributed by atoms with E-state index in [4.69, 9.17) is 26.5 Å². The second-order valence-corrected chi connectivity index (χ2v) is 22.4. The number of rotatable bonds is 10. The zero-order valence-electron chi connectivity index (χ0n) is 38.2. The molecule has 0 amide bonds. The summed E-state index contributed by atoms with van der Waals surface area (Å²) < 4.78 is 13.2. The van der Waals surface area contributed by atoms with E-state index in [-0.39, 0.29) is 28.2 Å². The van der Waals surface area contributed by atoms with Crippen molar-refractivity contribution < 1.29 is 40.5 Å². The van der Waals surface area contributed by atoms with Crippen LogP contribution in [0, 0.1) is 47.5 Å². The molecule has 0 aliphatic heterocycles. The summed E-state index contributed by atoms with van der Waals surface area (Å²) in [5.41, 5.74) is 15.9. The summed E-state index contributed by atoms with van der Waals surface area (Å²) in [6.45, 7) is 28.9. The SMILES string of the molecule is Cc1cc(C)c(-c2cc(C(C)(C)C)cc(-c3ccccc3OCC(C)COc3ccccc3-c3cc(C(C)(C)C)cc(-c4c(C)cc(C)cc4C)c3O)c2O)c(C)c1.[Cl][Zr][Cl]. The zero-order valence-corrected chi connectivity index (χ0v) is 42.2. The van der Waals surface area contributed by atoms with Crippen LogP contribution in [0.1, 0.15) is 93.0 Å². The Balaban J connectivity index is 0.00000228. The van der Waals surface area contributed by atoms with E-state index in [2.05, 4.69) is 139 Å². The van der Waals surface area contributed by atoms with Gasteiger partial charge in [0.05, 0.1) is 13.2 Å². The van der Waals surface area contributed by atoms with Crippen molar-refractivity contribution in [2.45, 2.75) is 101 Å². The molecule has 7 heteroatoms. The normalized spacial score (nSPS) is 11.6. The minimum atomic E-state index is -0.826. The van der Waals surface area contributed by atoms with Crippen molar-refractivity contribution >= 4 is 17.0 Å². The van der Waals surface area contributed by atoms with Gasteiger partial charge in [-0.05, 0) is 133 Å². The molecule has 0 heterocycles. The van der Waals surface area contributed by atoms with Gasteiger partial charge in [0.1, 0.15) is 23.0 Å². The van der Waals surface area contributed by atoms with Crippen molar-refractivity contribution in [3.05, 3.63) is 142 Å². The number of halogens is 2. The van der Waals surface area contributed by atoms with Crippen LogP contribution < -0.4 is 9.47 Å². The summed E-state index contributed by atoms with van der Waals surface area (Å²) in [7, 11) is 9.87. The van der Waals surface area contributed by atoms with E-state index in [1.807, 2.05) is 48.5 Å². The molecule has 0 saturated carbocycles. The van der Waals surface area contributed by atoms with Crippen LogP contribution in [-0.4, -0.2) is 23.4 Å². The number of aromatic hydroxyl groups is 2. The summed E-state index contributed by atoms with van der Waals surface area (Å²) in [6, 6.07) is 33.2. The van der Waals surface area contributed by atoms with E-state index in [0.717, 1.165) is 77.9 Å². The van der Waals surface area contributed by atoms with Crippen LogP contribution >= 0.6 is 17.0 Å². The number of ether oxygens (including phenoxy) is 2. The Kier molecular flexibility index (Phi) is 15.7. The molecule has 0 aliphatic carbocycles. The fraction of sp³-hybridized carbons (Fsp3) is 0.333. The Hall–Kier alpha value is -4.02. The predicted octanol–water partition coefficient (Wildman–Crippen LogP) is 15.7. The van der Waals surface area contributed by atoms with E-state index in [0.29, 0.717) is 24.7 Å². The van der Waals surface area contributed by atoms with Gasteiger partial charge >= 0.3 is 37.9 Å². The van der Waals surface area contributed by atoms with E-state index in [1.165, 1.54) is 11.1 Å². The molecule has 6 aromatic carbocycles. The fourth-order valence-corrected chi connectivity index (χ4v) is 8.28. The first-order valence-electron chi connectivity index (χ1n) is 21.0. The van der Waals surface area contributed by atoms with E-state index in [1.54, 1.807) is 0 Å². The predicted molar refractivity (Wildman–Crippen MR) is 256 cm³/mol. The number of benzene rings is 6. The third kappa shape index (κ3) is 11.3. The maximum absolute atomic E-state index is 12.0. The molecule has 6 rings (SSSR count). The van der Waals surface area contributed by atoms with Gasteiger partial charge in [-0.1, -0.05) is 120 Å². The van der Waals surface area contributed by atoms with Gasteiger partial charge in [-0.3, -0.25) is 0 Å². The Morgan fingerprint density at radius 1 is 0.492 bits per heavy atom. The topological polar surface area (TPSA) is 58.9 Å². The van der Waals surface area contributed by atoms with Gasteiger partial charge in [-0.2, -0.15) is 0 Å². The van der Waals surface area contributed by atoms with Crippen molar-refractivity contribution in [1.29, 1.82) is 0 Å². The first-order chi connectivity index (χ1) is 28.7. The molecule has 61 heavy (non-hydrogen) atoms. The zero-order chi connectivity index (χ0) is 45.0. The molecule has 0 spiro atoms. The van der Waals surface area contributed by atoms with Crippen molar-refractivity contribution in [3.8, 4) is 67.5 Å². The van der Waals surface area contributed by atoms with Crippen LogP contribution in [0.5, 0.6) is 23.0 Å². The van der Waals surface area contributed by atoms with Crippen molar-refractivity contribution in [2.24, 2.45) is 5.92 Å². The monoisotopic (exact) mass is 934 g/mol. The maximum atomic E-state index is 12.0. The van der Waals surface area contributed by atoms with Gasteiger partial charge in [0.15, 0.2) is 0 Å². The van der Waals surface area contributed by atoms with E-state index in [9.17, 15) is 10.2 Å². The first kappa shape index (κ1) is 48.0. The summed E-state index contributed by atoms with van der Waals surface area (Å²) in [5.74, 6) is 1.94. The summed E-state index contributed by atoms with van der Waals surface area (Å²) in [5, 5.41) is 24.1. The number of aryl methyl sites for hydroxylation is 6. The Morgan fingerprint density at radius 3 is 1.10 bits per heavy atom. The quantitative estimate of drug-likeness (QED) is 0.144. The van der Waals surface area contributed by atoms with Crippen LogP contribution in [0.2, 0.25) is 0 Å². The van der Waals surface area contributed by atoms with Crippen LogP contribution in [0.15, 0.2) is 97.1 Å². The van der Waals surface area contributed by atoms with Crippen LogP contribution in [-0.2, 0) is 31.7 Å². The van der Waals surface area contributed by atoms with Crippen LogP contribution in [0.25, 0.3) is 44.5 Å². The summed E-state index contributed by atoms with van der Waals surface area (Å²) >= 11 is -0.826. The fourth-order valence-electron chi connectivity index (χ4n) is 8.28. The molecule has 0 unspecified atom stereocenters. The minimum absolute atomic E-state index is 0.0203. The van der Waals surface area contributed by atoms with E-state index >= 15 is 0 Å². The number of para-hydroxylation sites is 2. The Labute approximate surface area is 384 Å². The second-order valence-electron chi connectivity index (χ2n) is 18.7. The third-order valence-corrected chi connectivity index (χ3v) is 11.2. The van der Waals surface area contributed by atoms with Gasteiger partial charge in [-0.15, -0.1) is 0 Å². The molecule has 4 nitrogen and oxygen atoms in total. The second kappa shape index (κ2) is 20.0. The Morgan fingerprint density at radius 2 is 0.787 bits per heavy atom. The molecule has 0 bridgehead atoms. The van der Waals surface area contributed by atoms with Gasteiger partial charge in [-0.25, -0.2) is 0 Å². The van der Waals surface area contributed by atoms with Crippen molar-refractivity contribution in [2.75, 3.05) is 13.2 Å². The van der Waals surface area contributed by atoms with Crippen molar-refractivity contribution in [3.63, 3.8) is 0 Å². The van der Waals surface area contributed by atoms with Crippen molar-refractivity contribution in [1.82, 2.24) is 0 Å². The van der Waals surface area contributed by atoms with E-state index < -0.39 is 20.8 Å². The van der Waals surface area contributed by atoms with Gasteiger partial charge in [0.25, 0.3) is 0 Å². The first-order valence-corrected chi connectivity index (χ1v) is 27.3. The molecule has 0 saturated heterocycles. The summed E-state index contributed by atoms with van der Waals surface area (Å²) in [4.78, 5) is 0. The average molecular weight is 937 g/mol. The number of phenolic OH excluding ortho intramolecular Hbond substituents is 2. The molecule has 0 radical (unpaired) electrons. The Bertz CT molecular complexity index is 2290. The molecular weight excluding hydrogens is 875 g/mol. The van der Waals surface area contributed by atoms with Gasteiger partial charge in [0, 0.05) is 39.3 Å². The summed E-state index contributed by atoms with van der Waals surface area (Å²) in [6.07, 6.45) is 0. The van der Waals surface area contributed by atoms with Crippen LogP contribution in [0.3, 0.4) is 0 Å². The number of hydrogen-bond donors (Lipinski definition) is 2. The molecule has 0 atom stereocenters. The standard InChI is InChI=1S/C54H62O4.2ClH.Zr/c1-32-22-35(4)49(36(5)23-32)45-28-39(53(8,9)10)26-43(51(45)55)41-18-14-16-20-47(41)57-30-34(3)31-58-48-21-17-15-19-42(48)44-27-40(54(11,12)13)29-46(52(44)56)50-37(6)24-33(2)25-38(50)7;;;/h14-29,34,55-56H,30-31H2,1-13H3;2*1H;/q;;;+2/p-2. The molecule has 0 aromatic heterocycles. The van der Waals surface area contributed by atoms with Gasteiger partial charge < -0.3 is 19.7 Å². The number of hydrogen-bond acceptors (Lipinski definition) is 4.